The molecule has 1 saturated heterocycles. The fourth-order valence-electron chi connectivity index (χ4n) is 2.22. The molecule has 0 saturated carbocycles. The summed E-state index contributed by atoms with van der Waals surface area (Å²) in [6.45, 7) is 5.87. The summed E-state index contributed by atoms with van der Waals surface area (Å²) < 4.78 is 48.9. The van der Waals surface area contributed by atoms with E-state index in [1.165, 1.54) is 0 Å². The minimum absolute atomic E-state index is 0.327. The van der Waals surface area contributed by atoms with Crippen molar-refractivity contribution in [1.82, 2.24) is 10.3 Å². The maximum atomic E-state index is 12.9. The predicted molar refractivity (Wildman–Crippen MR) is 85.7 cm³/mol. The van der Waals surface area contributed by atoms with E-state index in [2.05, 4.69) is 15.6 Å². The molecule has 0 spiro atoms. The number of halogens is 3. The van der Waals surface area contributed by atoms with E-state index < -0.39 is 41.1 Å². The number of alkyl halides is 3. The number of nitrogens with one attached hydrogen (secondary N) is 2. The summed E-state index contributed by atoms with van der Waals surface area (Å²) in [6.07, 6.45) is -4.54. The second-order valence-corrected chi connectivity index (χ2v) is 6.81. The Morgan fingerprint density at radius 1 is 1.31 bits per heavy atom. The smallest absolute Gasteiger partial charge is 0.418 e. The second-order valence-electron chi connectivity index (χ2n) is 6.81. The number of hydrogen-bond donors (Lipinski definition) is 2. The number of nitrogens with zero attached hydrogens (tertiary/aromatic N) is 1. The summed E-state index contributed by atoms with van der Waals surface area (Å²) in [7, 11) is 0. The lowest BCUT2D eigenvalue weighted by Gasteiger charge is -2.20. The molecule has 1 aromatic rings. The first-order chi connectivity index (χ1) is 12.0. The summed E-state index contributed by atoms with van der Waals surface area (Å²) in [5, 5.41) is 5.17. The highest BCUT2D eigenvalue weighted by atomic mass is 19.4. The van der Waals surface area contributed by atoms with E-state index in [0.29, 0.717) is 31.8 Å². The third kappa shape index (κ3) is 5.58. The summed E-state index contributed by atoms with van der Waals surface area (Å²) in [5.74, 6) is -1.98. The number of ether oxygens (including phenoxy) is 2. The lowest BCUT2D eigenvalue weighted by Crippen LogP contribution is -2.28. The zero-order valence-electron chi connectivity index (χ0n) is 14.6. The molecule has 2 rings (SSSR count). The van der Waals surface area contributed by atoms with E-state index >= 15 is 0 Å². The first kappa shape index (κ1) is 20.0. The predicted octanol–water partition coefficient (Wildman–Crippen LogP) is 2.96. The lowest BCUT2D eigenvalue weighted by atomic mass is 10.1. The molecular formula is C16H20F3N3O4. The van der Waals surface area contributed by atoms with Crippen LogP contribution in [0.3, 0.4) is 0 Å². The van der Waals surface area contributed by atoms with Crippen molar-refractivity contribution in [3.63, 3.8) is 0 Å². The molecule has 10 heteroatoms. The first-order valence-corrected chi connectivity index (χ1v) is 7.95. The van der Waals surface area contributed by atoms with Gasteiger partial charge in [0.15, 0.2) is 11.6 Å². The summed E-state index contributed by atoms with van der Waals surface area (Å²) in [4.78, 5) is 27.6. The third-order valence-electron chi connectivity index (χ3n) is 3.40. The Bertz CT molecular complexity index is 680. The van der Waals surface area contributed by atoms with Crippen molar-refractivity contribution in [2.24, 2.45) is 5.92 Å². The van der Waals surface area contributed by atoms with Crippen LogP contribution in [-0.2, 0) is 15.7 Å². The number of rotatable bonds is 3. The van der Waals surface area contributed by atoms with Crippen molar-refractivity contribution in [2.75, 3.05) is 18.4 Å². The zero-order valence-corrected chi connectivity index (χ0v) is 14.6. The SMILES string of the molecule is CC(C)(C)OC(=O)Nc1ncc(C(F)(F)F)cc1OC(=O)C1CCNC1. The molecular weight excluding hydrogens is 355 g/mol. The average molecular weight is 375 g/mol. The normalized spacial score (nSPS) is 17.7. The van der Waals surface area contributed by atoms with Gasteiger partial charge >= 0.3 is 18.2 Å². The minimum Gasteiger partial charge on any atom is -0.444 e. The van der Waals surface area contributed by atoms with Gasteiger partial charge in [0, 0.05) is 12.7 Å². The van der Waals surface area contributed by atoms with Crippen LogP contribution in [0.2, 0.25) is 0 Å². The number of carbonyl (C=O) groups is 2. The Kier molecular flexibility index (Phi) is 5.74. The number of aromatic nitrogens is 1. The number of amides is 1. The Balaban J connectivity index is 2.25. The zero-order chi connectivity index (χ0) is 19.5. The molecule has 7 nitrogen and oxygen atoms in total. The number of carbonyl (C=O) groups excluding carboxylic acids is 2. The molecule has 1 aromatic heterocycles. The van der Waals surface area contributed by atoms with Crippen molar-refractivity contribution in [3.05, 3.63) is 17.8 Å². The Morgan fingerprint density at radius 3 is 2.54 bits per heavy atom. The van der Waals surface area contributed by atoms with Crippen molar-refractivity contribution in [1.29, 1.82) is 0 Å². The molecule has 0 radical (unpaired) electrons. The van der Waals surface area contributed by atoms with Gasteiger partial charge in [-0.2, -0.15) is 13.2 Å². The first-order valence-electron chi connectivity index (χ1n) is 7.95. The largest absolute Gasteiger partial charge is 0.444 e. The van der Waals surface area contributed by atoms with E-state index in [1.807, 2.05) is 0 Å². The van der Waals surface area contributed by atoms with E-state index in [-0.39, 0.29) is 5.82 Å². The van der Waals surface area contributed by atoms with Crippen molar-refractivity contribution in [3.8, 4) is 5.75 Å². The maximum absolute atomic E-state index is 12.9. The van der Waals surface area contributed by atoms with E-state index in [1.54, 1.807) is 20.8 Å². The standard InChI is InChI=1S/C16H20F3N3O4/c1-15(2,3)26-14(24)22-12-11(6-10(8-21-12)16(17,18)19)25-13(23)9-4-5-20-7-9/h6,8-9,20H,4-5,7H2,1-3H3,(H,21,22,24). The number of anilines is 1. The second kappa shape index (κ2) is 7.48. The van der Waals surface area contributed by atoms with Crippen molar-refractivity contribution in [2.45, 2.75) is 39.0 Å². The average Bonchev–Trinajstić information content (AvgIpc) is 3.00. The highest BCUT2D eigenvalue weighted by Crippen LogP contribution is 2.34. The van der Waals surface area contributed by atoms with Crippen molar-refractivity contribution >= 4 is 17.9 Å². The molecule has 26 heavy (non-hydrogen) atoms. The van der Waals surface area contributed by atoms with Crippen LogP contribution in [0.25, 0.3) is 0 Å². The highest BCUT2D eigenvalue weighted by Gasteiger charge is 2.33. The van der Waals surface area contributed by atoms with Crippen LogP contribution >= 0.6 is 0 Å². The Morgan fingerprint density at radius 2 is 2.00 bits per heavy atom. The molecule has 1 atom stereocenters. The molecule has 0 aromatic carbocycles. The molecule has 0 bridgehead atoms. The van der Waals surface area contributed by atoms with Gasteiger partial charge in [0.25, 0.3) is 0 Å². The van der Waals surface area contributed by atoms with Crippen LogP contribution in [0.4, 0.5) is 23.8 Å². The molecule has 1 aliphatic heterocycles. The number of esters is 1. The van der Waals surface area contributed by atoms with Gasteiger partial charge in [-0.1, -0.05) is 0 Å². The Labute approximate surface area is 148 Å². The summed E-state index contributed by atoms with van der Waals surface area (Å²) >= 11 is 0. The van der Waals surface area contributed by atoms with E-state index in [4.69, 9.17) is 9.47 Å². The fraction of sp³-hybridized carbons (Fsp3) is 0.562. The molecule has 1 aliphatic rings. The number of hydrogen-bond acceptors (Lipinski definition) is 6. The molecule has 0 aliphatic carbocycles. The molecule has 2 heterocycles. The summed E-state index contributed by atoms with van der Waals surface area (Å²) in [6, 6.07) is 0.625. The molecule has 2 N–H and O–H groups in total. The monoisotopic (exact) mass is 375 g/mol. The van der Waals surface area contributed by atoms with Crippen molar-refractivity contribution < 1.29 is 32.2 Å². The lowest BCUT2D eigenvalue weighted by molar-refractivity contribution is -0.140. The van der Waals surface area contributed by atoms with Gasteiger partial charge in [-0.15, -0.1) is 0 Å². The van der Waals surface area contributed by atoms with Gasteiger partial charge < -0.3 is 14.8 Å². The minimum atomic E-state index is -4.67. The highest BCUT2D eigenvalue weighted by molar-refractivity contribution is 5.87. The van der Waals surface area contributed by atoms with Crippen LogP contribution < -0.4 is 15.4 Å². The van der Waals surface area contributed by atoms with Crippen LogP contribution in [0, 0.1) is 5.92 Å². The third-order valence-corrected chi connectivity index (χ3v) is 3.40. The Hall–Kier alpha value is -2.36. The fourth-order valence-corrected chi connectivity index (χ4v) is 2.22. The van der Waals surface area contributed by atoms with E-state index in [0.717, 1.165) is 0 Å². The van der Waals surface area contributed by atoms with Gasteiger partial charge in [0.1, 0.15) is 5.60 Å². The van der Waals surface area contributed by atoms with Gasteiger partial charge in [-0.3, -0.25) is 10.1 Å². The molecule has 1 amide bonds. The molecule has 144 valence electrons. The number of pyridine rings is 1. The van der Waals surface area contributed by atoms with E-state index in [9.17, 15) is 22.8 Å². The van der Waals surface area contributed by atoms with Gasteiger partial charge in [-0.25, -0.2) is 9.78 Å². The van der Waals surface area contributed by atoms with Crippen LogP contribution in [0.15, 0.2) is 12.3 Å². The maximum Gasteiger partial charge on any atom is 0.418 e. The van der Waals surface area contributed by atoms with Gasteiger partial charge in [0.2, 0.25) is 0 Å². The quantitative estimate of drug-likeness (QED) is 0.790. The van der Waals surface area contributed by atoms with Gasteiger partial charge in [-0.05, 0) is 39.8 Å². The van der Waals surface area contributed by atoms with Crippen LogP contribution in [0.1, 0.15) is 32.8 Å². The molecule has 1 unspecified atom stereocenters. The van der Waals surface area contributed by atoms with Crippen LogP contribution in [0.5, 0.6) is 5.75 Å². The van der Waals surface area contributed by atoms with Crippen LogP contribution in [-0.4, -0.2) is 35.7 Å². The topological polar surface area (TPSA) is 89.6 Å². The molecule has 1 fully saturated rings. The summed E-state index contributed by atoms with van der Waals surface area (Å²) in [5.41, 5.74) is -1.91. The van der Waals surface area contributed by atoms with Gasteiger partial charge in [0.05, 0.1) is 11.5 Å².